The van der Waals surface area contributed by atoms with Crippen molar-refractivity contribution in [3.63, 3.8) is 0 Å². The van der Waals surface area contributed by atoms with Crippen molar-refractivity contribution in [1.29, 1.82) is 0 Å². The van der Waals surface area contributed by atoms with E-state index in [1.165, 1.54) is 6.07 Å². The van der Waals surface area contributed by atoms with E-state index in [0.29, 0.717) is 12.2 Å². The van der Waals surface area contributed by atoms with E-state index >= 15 is 0 Å². The third-order valence-corrected chi connectivity index (χ3v) is 2.84. The van der Waals surface area contributed by atoms with Gasteiger partial charge in [0.2, 0.25) is 0 Å². The number of nitrogens with zero attached hydrogens (tertiary/aromatic N) is 2. The van der Waals surface area contributed by atoms with Gasteiger partial charge in [-0.2, -0.15) is 13.2 Å². The van der Waals surface area contributed by atoms with Gasteiger partial charge in [0, 0.05) is 18.6 Å². The summed E-state index contributed by atoms with van der Waals surface area (Å²) >= 11 is 0. The van der Waals surface area contributed by atoms with Crippen molar-refractivity contribution in [1.82, 2.24) is 15.3 Å². The molecule has 0 fully saturated rings. The minimum atomic E-state index is -4.37. The molecular formula is C14H14F3N3. The average Bonchev–Trinajstić information content (AvgIpc) is 2.45. The Bertz CT molecular complexity index is 538. The monoisotopic (exact) mass is 281 g/mol. The van der Waals surface area contributed by atoms with Crippen LogP contribution in [0.3, 0.4) is 0 Å². The molecule has 0 bridgehead atoms. The van der Waals surface area contributed by atoms with Gasteiger partial charge in [0.1, 0.15) is 0 Å². The Balaban J connectivity index is 2.31. The van der Waals surface area contributed by atoms with Crippen LogP contribution in [0.15, 0.2) is 42.9 Å². The topological polar surface area (TPSA) is 37.8 Å². The van der Waals surface area contributed by atoms with Gasteiger partial charge in [-0.05, 0) is 30.3 Å². The Hall–Kier alpha value is -1.95. The van der Waals surface area contributed by atoms with Gasteiger partial charge in [-0.25, -0.2) is 0 Å². The molecule has 2 heterocycles. The highest BCUT2D eigenvalue weighted by atomic mass is 19.4. The fourth-order valence-corrected chi connectivity index (χ4v) is 1.89. The minimum absolute atomic E-state index is 0.268. The van der Waals surface area contributed by atoms with Gasteiger partial charge >= 0.3 is 6.18 Å². The predicted octanol–water partition coefficient (Wildman–Crippen LogP) is 3.19. The molecule has 0 aromatic carbocycles. The SMILES string of the molecule is CCNC(c1cccnc1)c1ccc(C(F)(F)F)cn1. The summed E-state index contributed by atoms with van der Waals surface area (Å²) in [5.74, 6) is 0. The second-order valence-electron chi connectivity index (χ2n) is 4.25. The lowest BCUT2D eigenvalue weighted by molar-refractivity contribution is -0.137. The molecule has 0 saturated heterocycles. The van der Waals surface area contributed by atoms with E-state index in [-0.39, 0.29) is 6.04 Å². The molecule has 0 aliphatic carbocycles. The van der Waals surface area contributed by atoms with Crippen LogP contribution in [-0.2, 0) is 6.18 Å². The van der Waals surface area contributed by atoms with Crippen molar-refractivity contribution in [3.05, 3.63) is 59.7 Å². The van der Waals surface area contributed by atoms with Crippen LogP contribution in [0.4, 0.5) is 13.2 Å². The zero-order valence-electron chi connectivity index (χ0n) is 10.9. The fraction of sp³-hybridized carbons (Fsp3) is 0.286. The smallest absolute Gasteiger partial charge is 0.305 e. The molecule has 1 unspecified atom stereocenters. The number of hydrogen-bond donors (Lipinski definition) is 1. The Morgan fingerprint density at radius 2 is 2.00 bits per heavy atom. The van der Waals surface area contributed by atoms with Gasteiger partial charge < -0.3 is 5.32 Å². The molecule has 0 aliphatic heterocycles. The van der Waals surface area contributed by atoms with E-state index in [4.69, 9.17) is 0 Å². The van der Waals surface area contributed by atoms with Crippen LogP contribution < -0.4 is 5.32 Å². The lowest BCUT2D eigenvalue weighted by atomic mass is 10.0. The Morgan fingerprint density at radius 3 is 2.50 bits per heavy atom. The van der Waals surface area contributed by atoms with Gasteiger partial charge in [-0.3, -0.25) is 9.97 Å². The first-order valence-corrected chi connectivity index (χ1v) is 6.19. The molecule has 1 atom stereocenters. The predicted molar refractivity (Wildman–Crippen MR) is 69.0 cm³/mol. The van der Waals surface area contributed by atoms with Crippen molar-refractivity contribution >= 4 is 0 Å². The van der Waals surface area contributed by atoms with Crippen LogP contribution in [-0.4, -0.2) is 16.5 Å². The van der Waals surface area contributed by atoms with Crippen LogP contribution in [0.2, 0.25) is 0 Å². The van der Waals surface area contributed by atoms with Gasteiger partial charge in [-0.15, -0.1) is 0 Å². The summed E-state index contributed by atoms with van der Waals surface area (Å²) in [4.78, 5) is 7.95. The molecule has 20 heavy (non-hydrogen) atoms. The fourth-order valence-electron chi connectivity index (χ4n) is 1.89. The number of aromatic nitrogens is 2. The van der Waals surface area contributed by atoms with E-state index in [2.05, 4.69) is 15.3 Å². The lowest BCUT2D eigenvalue weighted by Crippen LogP contribution is -2.23. The van der Waals surface area contributed by atoms with Gasteiger partial charge in [-0.1, -0.05) is 13.0 Å². The van der Waals surface area contributed by atoms with Crippen molar-refractivity contribution in [2.45, 2.75) is 19.1 Å². The van der Waals surface area contributed by atoms with Gasteiger partial charge in [0.15, 0.2) is 0 Å². The molecule has 3 nitrogen and oxygen atoms in total. The first-order chi connectivity index (χ1) is 9.52. The Morgan fingerprint density at radius 1 is 1.20 bits per heavy atom. The summed E-state index contributed by atoms with van der Waals surface area (Å²) in [6, 6.07) is 5.81. The normalized spacial score (nSPS) is 13.2. The maximum Gasteiger partial charge on any atom is 0.417 e. The van der Waals surface area contributed by atoms with E-state index in [1.54, 1.807) is 18.5 Å². The van der Waals surface area contributed by atoms with E-state index < -0.39 is 11.7 Å². The highest BCUT2D eigenvalue weighted by Gasteiger charge is 2.31. The minimum Gasteiger partial charge on any atom is -0.305 e. The molecule has 0 amide bonds. The first kappa shape index (κ1) is 14.5. The molecule has 6 heteroatoms. The van der Waals surface area contributed by atoms with E-state index in [0.717, 1.165) is 17.8 Å². The van der Waals surface area contributed by atoms with Crippen molar-refractivity contribution < 1.29 is 13.2 Å². The molecular weight excluding hydrogens is 267 g/mol. The molecule has 2 rings (SSSR count). The Kier molecular flexibility index (Phi) is 4.34. The van der Waals surface area contributed by atoms with Crippen LogP contribution in [0.25, 0.3) is 0 Å². The van der Waals surface area contributed by atoms with Gasteiger partial charge in [0.05, 0.1) is 17.3 Å². The quantitative estimate of drug-likeness (QED) is 0.935. The van der Waals surface area contributed by atoms with Crippen LogP contribution in [0.5, 0.6) is 0 Å². The van der Waals surface area contributed by atoms with E-state index in [9.17, 15) is 13.2 Å². The Labute approximate surface area is 114 Å². The van der Waals surface area contributed by atoms with Crippen LogP contribution >= 0.6 is 0 Å². The molecule has 0 saturated carbocycles. The number of pyridine rings is 2. The number of nitrogens with one attached hydrogen (secondary N) is 1. The number of alkyl halides is 3. The molecule has 106 valence electrons. The molecule has 2 aromatic rings. The molecule has 2 aromatic heterocycles. The molecule has 0 aliphatic rings. The molecule has 1 N–H and O–H groups in total. The van der Waals surface area contributed by atoms with Crippen LogP contribution in [0, 0.1) is 0 Å². The second kappa shape index (κ2) is 6.00. The maximum atomic E-state index is 12.5. The zero-order chi connectivity index (χ0) is 14.6. The number of hydrogen-bond acceptors (Lipinski definition) is 3. The third kappa shape index (κ3) is 3.33. The summed E-state index contributed by atoms with van der Waals surface area (Å²) in [6.07, 6.45) is -0.192. The van der Waals surface area contributed by atoms with Crippen molar-refractivity contribution in [3.8, 4) is 0 Å². The summed E-state index contributed by atoms with van der Waals surface area (Å²) in [6.45, 7) is 2.59. The third-order valence-electron chi connectivity index (χ3n) is 2.84. The number of halogens is 3. The van der Waals surface area contributed by atoms with Crippen molar-refractivity contribution in [2.75, 3.05) is 6.54 Å². The molecule has 0 spiro atoms. The summed E-state index contributed by atoms with van der Waals surface area (Å²) in [5.41, 5.74) is 0.650. The molecule has 0 radical (unpaired) electrons. The number of rotatable bonds is 4. The van der Waals surface area contributed by atoms with Gasteiger partial charge in [0.25, 0.3) is 0 Å². The van der Waals surface area contributed by atoms with Crippen molar-refractivity contribution in [2.24, 2.45) is 0 Å². The zero-order valence-corrected chi connectivity index (χ0v) is 10.9. The standard InChI is InChI=1S/C14H14F3N3/c1-2-19-13(10-4-3-7-18-8-10)12-6-5-11(9-20-12)14(15,16)17/h3-9,13,19H,2H2,1H3. The highest BCUT2D eigenvalue weighted by Crippen LogP contribution is 2.29. The summed E-state index contributed by atoms with van der Waals surface area (Å²) in [7, 11) is 0. The summed E-state index contributed by atoms with van der Waals surface area (Å²) in [5, 5.41) is 3.19. The maximum absolute atomic E-state index is 12.5. The largest absolute Gasteiger partial charge is 0.417 e. The average molecular weight is 281 g/mol. The lowest BCUT2D eigenvalue weighted by Gasteiger charge is -2.18. The summed E-state index contributed by atoms with van der Waals surface area (Å²) < 4.78 is 37.6. The van der Waals surface area contributed by atoms with Crippen LogP contribution in [0.1, 0.15) is 29.8 Å². The first-order valence-electron chi connectivity index (χ1n) is 6.19. The highest BCUT2D eigenvalue weighted by molar-refractivity contribution is 5.27. The van der Waals surface area contributed by atoms with E-state index in [1.807, 2.05) is 13.0 Å². The second-order valence-corrected chi connectivity index (χ2v) is 4.25.